The third-order valence-corrected chi connectivity index (χ3v) is 8.43. The number of hydrogen-bond acceptors (Lipinski definition) is 11. The number of rotatable bonds is 14. The molecule has 2 N–H and O–H groups in total. The lowest BCUT2D eigenvalue weighted by Gasteiger charge is -2.33. The highest BCUT2D eigenvalue weighted by molar-refractivity contribution is 7.09. The summed E-state index contributed by atoms with van der Waals surface area (Å²) in [5.74, 6) is -1.85. The van der Waals surface area contributed by atoms with Gasteiger partial charge in [0.2, 0.25) is 5.91 Å². The van der Waals surface area contributed by atoms with Crippen LogP contribution in [0.3, 0.4) is 0 Å². The van der Waals surface area contributed by atoms with Crippen LogP contribution >= 0.6 is 11.3 Å². The second kappa shape index (κ2) is 16.3. The van der Waals surface area contributed by atoms with Gasteiger partial charge in [-0.05, 0) is 59.0 Å². The number of amides is 1. The number of nitrogens with one attached hydrogen (secondary N) is 2. The maximum Gasteiger partial charge on any atom is 0.357 e. The Hall–Kier alpha value is -2.57. The standard InChI is InChI=1S/C30H50N4O7S/c1-10-19(4)25(33-26(36)22-13-11-12-14-34(22)8)29(38)40-23(27-32-21(17-42-27)28(37)39-9)15-20(18(2)3)31-16-24(35)41-30(5,6)7/h17-20,22-23,25,31H,10-16H2,1-9H3,(H,33,36). The van der Waals surface area contributed by atoms with Crippen molar-refractivity contribution in [3.63, 3.8) is 0 Å². The van der Waals surface area contributed by atoms with Gasteiger partial charge in [0.25, 0.3) is 0 Å². The van der Waals surface area contributed by atoms with Crippen LogP contribution in [0.1, 0.15) is 102 Å². The molecule has 2 rings (SSSR count). The molecule has 2 heterocycles. The number of aromatic nitrogens is 1. The summed E-state index contributed by atoms with van der Waals surface area (Å²) in [4.78, 5) is 58.0. The number of likely N-dealkylation sites (N-methyl/N-ethyl adjacent to an activating group) is 1. The van der Waals surface area contributed by atoms with Crippen molar-refractivity contribution in [2.45, 2.75) is 110 Å². The third kappa shape index (κ3) is 10.9. The number of hydrogen-bond donors (Lipinski definition) is 2. The molecule has 0 saturated carbocycles. The summed E-state index contributed by atoms with van der Waals surface area (Å²) in [6, 6.07) is -1.40. The molecule has 1 amide bonds. The first-order valence-corrected chi connectivity index (χ1v) is 15.7. The fraction of sp³-hybridized carbons (Fsp3) is 0.767. The molecule has 12 heteroatoms. The number of thiazole rings is 1. The van der Waals surface area contributed by atoms with Crippen LogP contribution < -0.4 is 10.6 Å². The lowest BCUT2D eigenvalue weighted by molar-refractivity contribution is -0.157. The van der Waals surface area contributed by atoms with Crippen molar-refractivity contribution in [1.82, 2.24) is 20.5 Å². The molecule has 0 radical (unpaired) electrons. The molecule has 0 aliphatic carbocycles. The number of nitrogens with zero attached hydrogens (tertiary/aromatic N) is 2. The van der Waals surface area contributed by atoms with Gasteiger partial charge in [-0.1, -0.05) is 40.5 Å². The van der Waals surface area contributed by atoms with Crippen molar-refractivity contribution in [3.05, 3.63) is 16.1 Å². The molecule has 42 heavy (non-hydrogen) atoms. The molecule has 5 unspecified atom stereocenters. The Kier molecular flexibility index (Phi) is 13.8. The van der Waals surface area contributed by atoms with E-state index >= 15 is 0 Å². The lowest BCUT2D eigenvalue weighted by atomic mass is 9.96. The Labute approximate surface area is 254 Å². The summed E-state index contributed by atoms with van der Waals surface area (Å²) < 4.78 is 16.4. The molecule has 0 bridgehead atoms. The minimum atomic E-state index is -0.854. The first kappa shape index (κ1) is 35.6. The van der Waals surface area contributed by atoms with Gasteiger partial charge in [-0.15, -0.1) is 11.3 Å². The maximum atomic E-state index is 13.7. The highest BCUT2D eigenvalue weighted by Crippen LogP contribution is 2.30. The van der Waals surface area contributed by atoms with Crippen LogP contribution in [0.2, 0.25) is 0 Å². The zero-order valence-electron chi connectivity index (χ0n) is 26.7. The fourth-order valence-electron chi connectivity index (χ4n) is 4.79. The maximum absolute atomic E-state index is 13.7. The number of esters is 3. The van der Waals surface area contributed by atoms with E-state index in [-0.39, 0.29) is 48.5 Å². The Morgan fingerprint density at radius 3 is 2.43 bits per heavy atom. The topological polar surface area (TPSA) is 136 Å². The van der Waals surface area contributed by atoms with Crippen LogP contribution in [0.5, 0.6) is 0 Å². The van der Waals surface area contributed by atoms with Gasteiger partial charge in [-0.3, -0.25) is 14.5 Å². The predicted molar refractivity (Wildman–Crippen MR) is 161 cm³/mol. The van der Waals surface area contributed by atoms with Crippen molar-refractivity contribution >= 4 is 35.2 Å². The molecule has 0 aromatic carbocycles. The molecule has 1 aromatic rings. The van der Waals surface area contributed by atoms with E-state index in [9.17, 15) is 19.2 Å². The number of piperidine rings is 1. The molecule has 238 valence electrons. The van der Waals surface area contributed by atoms with Crippen molar-refractivity contribution in [2.24, 2.45) is 11.8 Å². The summed E-state index contributed by atoms with van der Waals surface area (Å²) in [5, 5.41) is 8.20. The van der Waals surface area contributed by atoms with Gasteiger partial charge in [-0.25, -0.2) is 14.6 Å². The summed E-state index contributed by atoms with van der Waals surface area (Å²) in [5.41, 5.74) is -0.495. The molecular weight excluding hydrogens is 560 g/mol. The normalized spacial score (nSPS) is 19.0. The zero-order valence-corrected chi connectivity index (χ0v) is 27.5. The molecule has 11 nitrogen and oxygen atoms in total. The Bertz CT molecular complexity index is 1050. The molecule has 1 aliphatic rings. The summed E-state index contributed by atoms with van der Waals surface area (Å²) in [7, 11) is 3.20. The second-order valence-electron chi connectivity index (χ2n) is 12.4. The zero-order chi connectivity index (χ0) is 31.6. The molecule has 1 aromatic heterocycles. The summed E-state index contributed by atoms with van der Waals surface area (Å²) in [6.45, 7) is 14.1. The van der Waals surface area contributed by atoms with Crippen LogP contribution in [0.15, 0.2) is 5.38 Å². The van der Waals surface area contributed by atoms with Gasteiger partial charge in [0.05, 0.1) is 19.7 Å². The average molecular weight is 611 g/mol. The van der Waals surface area contributed by atoms with Gasteiger partial charge in [-0.2, -0.15) is 0 Å². The van der Waals surface area contributed by atoms with E-state index in [0.29, 0.717) is 11.4 Å². The lowest BCUT2D eigenvalue weighted by Crippen LogP contribution is -2.54. The first-order valence-electron chi connectivity index (χ1n) is 14.9. The van der Waals surface area contributed by atoms with E-state index < -0.39 is 35.7 Å². The van der Waals surface area contributed by atoms with Gasteiger partial charge >= 0.3 is 17.9 Å². The van der Waals surface area contributed by atoms with E-state index in [1.807, 2.05) is 39.6 Å². The van der Waals surface area contributed by atoms with Crippen molar-refractivity contribution in [3.8, 4) is 0 Å². The van der Waals surface area contributed by atoms with Gasteiger partial charge < -0.3 is 24.8 Å². The van der Waals surface area contributed by atoms with Gasteiger partial charge in [0.15, 0.2) is 11.8 Å². The van der Waals surface area contributed by atoms with Crippen molar-refractivity contribution in [2.75, 3.05) is 27.2 Å². The molecule has 0 spiro atoms. The van der Waals surface area contributed by atoms with Crippen LogP contribution in [-0.4, -0.2) is 84.7 Å². The van der Waals surface area contributed by atoms with Crippen molar-refractivity contribution < 1.29 is 33.4 Å². The molecule has 1 aliphatic heterocycles. The fourth-order valence-corrected chi connectivity index (χ4v) is 5.61. The Morgan fingerprint density at radius 1 is 1.17 bits per heavy atom. The molecule has 1 fully saturated rings. The van der Waals surface area contributed by atoms with Crippen LogP contribution in [0.4, 0.5) is 0 Å². The van der Waals surface area contributed by atoms with E-state index in [4.69, 9.17) is 14.2 Å². The number of likely N-dealkylation sites (tertiary alicyclic amines) is 1. The molecule has 5 atom stereocenters. The largest absolute Gasteiger partial charge is 0.464 e. The van der Waals surface area contributed by atoms with Crippen molar-refractivity contribution in [1.29, 1.82) is 0 Å². The average Bonchev–Trinajstić information content (AvgIpc) is 3.41. The second-order valence-corrected chi connectivity index (χ2v) is 13.3. The minimum absolute atomic E-state index is 0.0213. The Balaban J connectivity index is 2.30. The highest BCUT2D eigenvalue weighted by atomic mass is 32.1. The van der Waals surface area contributed by atoms with E-state index in [2.05, 4.69) is 15.6 Å². The van der Waals surface area contributed by atoms with Crippen LogP contribution in [-0.2, 0) is 28.6 Å². The van der Waals surface area contributed by atoms with Gasteiger partial charge in [0, 0.05) is 17.8 Å². The number of carbonyl (C=O) groups excluding carboxylic acids is 4. The number of carbonyl (C=O) groups is 4. The smallest absolute Gasteiger partial charge is 0.357 e. The molecular formula is C30H50N4O7S. The molecule has 1 saturated heterocycles. The first-order chi connectivity index (χ1) is 19.7. The van der Waals surface area contributed by atoms with E-state index in [0.717, 1.165) is 25.8 Å². The SMILES string of the molecule is CCC(C)C(NC(=O)C1CCCCN1C)C(=O)OC(CC(NCC(=O)OC(C)(C)C)C(C)C)c1nc(C(=O)OC)cs1. The highest BCUT2D eigenvalue weighted by Gasteiger charge is 2.35. The van der Waals surface area contributed by atoms with Crippen LogP contribution in [0, 0.1) is 11.8 Å². The van der Waals surface area contributed by atoms with Crippen LogP contribution in [0.25, 0.3) is 0 Å². The van der Waals surface area contributed by atoms with E-state index in [1.165, 1.54) is 18.4 Å². The summed E-state index contributed by atoms with van der Waals surface area (Å²) >= 11 is 1.19. The predicted octanol–water partition coefficient (Wildman–Crippen LogP) is 3.88. The number of methoxy groups -OCH3 is 1. The number of ether oxygens (including phenoxy) is 3. The summed E-state index contributed by atoms with van der Waals surface area (Å²) in [6.07, 6.45) is 2.84. The quantitative estimate of drug-likeness (QED) is 0.236. The third-order valence-electron chi connectivity index (χ3n) is 7.49. The Morgan fingerprint density at radius 2 is 1.86 bits per heavy atom. The van der Waals surface area contributed by atoms with Gasteiger partial charge in [0.1, 0.15) is 16.7 Å². The monoisotopic (exact) mass is 610 g/mol. The van der Waals surface area contributed by atoms with E-state index in [1.54, 1.807) is 26.2 Å². The minimum Gasteiger partial charge on any atom is -0.464 e.